The second kappa shape index (κ2) is 7.51. The Hall–Kier alpha value is -1.31. The summed E-state index contributed by atoms with van der Waals surface area (Å²) < 4.78 is 38.6. The lowest BCUT2D eigenvalue weighted by Gasteiger charge is -2.39. The summed E-state index contributed by atoms with van der Waals surface area (Å²) in [4.78, 5) is 14.1. The van der Waals surface area contributed by atoms with Gasteiger partial charge >= 0.3 is 6.18 Å². The number of alkyl halides is 3. The molecule has 8 heteroatoms. The smallest absolute Gasteiger partial charge is 0.385 e. The van der Waals surface area contributed by atoms with E-state index in [4.69, 9.17) is 0 Å². The maximum absolute atomic E-state index is 12.9. The number of aliphatic hydroxyl groups is 1. The second-order valence-electron chi connectivity index (χ2n) is 6.58. The largest absolute Gasteiger partial charge is 0.416 e. The summed E-state index contributed by atoms with van der Waals surface area (Å²) in [5.74, 6) is 0.0265. The number of likely N-dealkylation sites (tertiary alicyclic amines) is 1. The van der Waals surface area contributed by atoms with E-state index in [-0.39, 0.29) is 42.8 Å². The van der Waals surface area contributed by atoms with Crippen LogP contribution < -0.4 is 5.32 Å². The summed E-state index contributed by atoms with van der Waals surface area (Å²) in [5, 5.41) is 13.9. The molecule has 1 aromatic rings. The lowest BCUT2D eigenvalue weighted by Crippen LogP contribution is -2.50. The van der Waals surface area contributed by atoms with Gasteiger partial charge in [-0.05, 0) is 49.9 Å². The van der Waals surface area contributed by atoms with Gasteiger partial charge in [0.15, 0.2) is 0 Å². The van der Waals surface area contributed by atoms with Crippen LogP contribution in [0.4, 0.5) is 13.2 Å². The number of nitrogens with one attached hydrogen (secondary N) is 1. The van der Waals surface area contributed by atoms with Gasteiger partial charge in [0, 0.05) is 13.1 Å². The molecule has 0 radical (unpaired) electrons. The average Bonchev–Trinajstić information content (AvgIpc) is 3.09. The number of amides is 1. The van der Waals surface area contributed by atoms with Crippen molar-refractivity contribution in [1.82, 2.24) is 10.2 Å². The van der Waals surface area contributed by atoms with Crippen LogP contribution in [0.3, 0.4) is 0 Å². The van der Waals surface area contributed by atoms with Crippen molar-refractivity contribution in [2.45, 2.75) is 43.5 Å². The molecule has 1 atom stereocenters. The molecule has 2 N–H and O–H groups in total. The van der Waals surface area contributed by atoms with Crippen LogP contribution in [0.15, 0.2) is 24.3 Å². The third-order valence-corrected chi connectivity index (χ3v) is 4.99. The molecule has 140 valence electrons. The molecule has 25 heavy (non-hydrogen) atoms. The molecule has 2 heterocycles. The van der Waals surface area contributed by atoms with Crippen LogP contribution in [0.1, 0.15) is 36.8 Å². The van der Waals surface area contributed by atoms with Crippen LogP contribution in [0.5, 0.6) is 0 Å². The molecule has 0 aliphatic carbocycles. The number of benzene rings is 1. The summed E-state index contributed by atoms with van der Waals surface area (Å²) in [5.41, 5.74) is -1.81. The van der Waals surface area contributed by atoms with E-state index in [1.165, 1.54) is 12.1 Å². The van der Waals surface area contributed by atoms with Crippen molar-refractivity contribution < 1.29 is 23.1 Å². The van der Waals surface area contributed by atoms with Gasteiger partial charge in [-0.25, -0.2) is 0 Å². The maximum Gasteiger partial charge on any atom is 0.416 e. The Morgan fingerprint density at radius 2 is 1.96 bits per heavy atom. The predicted octanol–water partition coefficient (Wildman–Crippen LogP) is 2.69. The molecule has 0 spiro atoms. The van der Waals surface area contributed by atoms with E-state index in [1.807, 2.05) is 0 Å². The van der Waals surface area contributed by atoms with Crippen LogP contribution in [-0.2, 0) is 16.6 Å². The molecular formula is C17H22ClF3N2O2. The zero-order valence-corrected chi connectivity index (χ0v) is 14.5. The van der Waals surface area contributed by atoms with Crippen molar-refractivity contribution in [2.24, 2.45) is 0 Å². The second-order valence-corrected chi connectivity index (χ2v) is 6.58. The lowest BCUT2D eigenvalue weighted by atomic mass is 9.83. The molecule has 2 fully saturated rings. The monoisotopic (exact) mass is 378 g/mol. The minimum Gasteiger partial charge on any atom is -0.385 e. The molecule has 0 aromatic heterocycles. The van der Waals surface area contributed by atoms with Crippen molar-refractivity contribution in [3.63, 3.8) is 0 Å². The van der Waals surface area contributed by atoms with E-state index in [9.17, 15) is 23.1 Å². The summed E-state index contributed by atoms with van der Waals surface area (Å²) in [6, 6.07) is 4.68. The van der Waals surface area contributed by atoms with Crippen molar-refractivity contribution in [3.8, 4) is 0 Å². The highest BCUT2D eigenvalue weighted by atomic mass is 35.5. The number of carbonyl (C=O) groups is 1. The molecule has 2 aliphatic rings. The summed E-state index contributed by atoms with van der Waals surface area (Å²) in [6.07, 6.45) is -2.16. The van der Waals surface area contributed by atoms with Gasteiger partial charge in [-0.3, -0.25) is 4.79 Å². The Bertz CT molecular complexity index is 610. The quantitative estimate of drug-likeness (QED) is 0.832. The van der Waals surface area contributed by atoms with Gasteiger partial charge in [0.2, 0.25) is 5.91 Å². The number of nitrogens with zero attached hydrogens (tertiary/aromatic N) is 1. The van der Waals surface area contributed by atoms with Crippen molar-refractivity contribution in [1.29, 1.82) is 0 Å². The lowest BCUT2D eigenvalue weighted by molar-refractivity contribution is -0.138. The molecule has 4 nitrogen and oxygen atoms in total. The van der Waals surface area contributed by atoms with Crippen molar-refractivity contribution >= 4 is 18.3 Å². The van der Waals surface area contributed by atoms with Crippen LogP contribution in [0.2, 0.25) is 0 Å². The fourth-order valence-electron chi connectivity index (χ4n) is 3.49. The Morgan fingerprint density at radius 3 is 2.52 bits per heavy atom. The van der Waals surface area contributed by atoms with Crippen molar-refractivity contribution in [3.05, 3.63) is 35.4 Å². The Labute approximate surface area is 150 Å². The summed E-state index contributed by atoms with van der Waals surface area (Å²) in [7, 11) is 0. The first-order valence-electron chi connectivity index (χ1n) is 8.22. The SMILES string of the molecule is Cl.O=C([C@@H]1CCCN1)N1CCC(O)(c2cccc(C(F)(F)F)c2)CC1. The van der Waals surface area contributed by atoms with E-state index in [2.05, 4.69) is 5.32 Å². The molecule has 2 saturated heterocycles. The highest BCUT2D eigenvalue weighted by Gasteiger charge is 2.39. The van der Waals surface area contributed by atoms with E-state index in [0.29, 0.717) is 13.1 Å². The van der Waals surface area contributed by atoms with Gasteiger partial charge in [0.05, 0.1) is 17.2 Å². The number of hydrogen-bond acceptors (Lipinski definition) is 3. The molecule has 2 aliphatic heterocycles. The average molecular weight is 379 g/mol. The number of piperidine rings is 1. The maximum atomic E-state index is 12.9. The highest BCUT2D eigenvalue weighted by Crippen LogP contribution is 2.36. The number of hydrogen-bond donors (Lipinski definition) is 2. The molecular weight excluding hydrogens is 357 g/mol. The number of halogens is 4. The third-order valence-electron chi connectivity index (χ3n) is 4.99. The Kier molecular flexibility index (Phi) is 6.01. The summed E-state index contributed by atoms with van der Waals surface area (Å²) >= 11 is 0. The minimum absolute atomic E-state index is 0. The van der Waals surface area contributed by atoms with Gasteiger partial charge < -0.3 is 15.3 Å². The zero-order valence-electron chi connectivity index (χ0n) is 13.7. The van der Waals surface area contributed by atoms with Gasteiger partial charge in [-0.15, -0.1) is 12.4 Å². The topological polar surface area (TPSA) is 52.6 Å². The number of rotatable bonds is 2. The van der Waals surface area contributed by atoms with Crippen LogP contribution >= 0.6 is 12.4 Å². The Morgan fingerprint density at radius 1 is 1.28 bits per heavy atom. The molecule has 0 unspecified atom stereocenters. The fraction of sp³-hybridized carbons (Fsp3) is 0.588. The van der Waals surface area contributed by atoms with Gasteiger partial charge in [0.25, 0.3) is 0 Å². The predicted molar refractivity (Wildman–Crippen MR) is 89.4 cm³/mol. The Balaban J connectivity index is 0.00000225. The summed E-state index contributed by atoms with van der Waals surface area (Å²) in [6.45, 7) is 1.53. The number of carbonyl (C=O) groups excluding carboxylic acids is 1. The molecule has 1 aromatic carbocycles. The van der Waals surface area contributed by atoms with E-state index in [1.54, 1.807) is 4.90 Å². The van der Waals surface area contributed by atoms with Crippen molar-refractivity contribution in [2.75, 3.05) is 19.6 Å². The third kappa shape index (κ3) is 4.27. The van der Waals surface area contributed by atoms with Crippen LogP contribution in [-0.4, -0.2) is 41.6 Å². The van der Waals surface area contributed by atoms with E-state index in [0.717, 1.165) is 31.5 Å². The standard InChI is InChI=1S/C17H21F3N2O2.ClH/c18-17(19,20)13-4-1-3-12(11-13)16(24)6-9-22(10-7-16)15(23)14-5-2-8-21-14;/h1,3-4,11,14,21,24H,2,5-10H2;1H/t14-;/m0./s1. The zero-order chi connectivity index (χ0) is 17.4. The molecule has 1 amide bonds. The highest BCUT2D eigenvalue weighted by molar-refractivity contribution is 5.85. The normalized spacial score (nSPS) is 23.2. The van der Waals surface area contributed by atoms with E-state index >= 15 is 0 Å². The first kappa shape index (κ1) is 20.0. The molecule has 0 bridgehead atoms. The van der Waals surface area contributed by atoms with Crippen LogP contribution in [0, 0.1) is 0 Å². The minimum atomic E-state index is -4.43. The molecule has 3 rings (SSSR count). The van der Waals surface area contributed by atoms with E-state index < -0.39 is 17.3 Å². The van der Waals surface area contributed by atoms with Gasteiger partial charge in [-0.1, -0.05) is 12.1 Å². The van der Waals surface area contributed by atoms with Gasteiger partial charge in [-0.2, -0.15) is 13.2 Å². The van der Waals surface area contributed by atoms with Crippen LogP contribution in [0.25, 0.3) is 0 Å². The fourth-order valence-corrected chi connectivity index (χ4v) is 3.49. The first-order valence-corrected chi connectivity index (χ1v) is 8.22. The van der Waals surface area contributed by atoms with Gasteiger partial charge in [0.1, 0.15) is 0 Å². The first-order chi connectivity index (χ1) is 11.3. The molecule has 0 saturated carbocycles.